The molecule has 1 heterocycles. The third-order valence-corrected chi connectivity index (χ3v) is 5.23. The summed E-state index contributed by atoms with van der Waals surface area (Å²) in [5.74, 6) is 2.11. The zero-order valence-corrected chi connectivity index (χ0v) is 13.6. The van der Waals surface area contributed by atoms with Gasteiger partial charge in [-0.1, -0.05) is 27.2 Å². The molecule has 0 saturated carbocycles. The molecule has 108 valence electrons. The Hall–Kier alpha value is 0.270. The standard InChI is InChI=1S/C15H32N2S/c1-13(6-5-7-14(2)16)12-17-9-8-15(3,4)18-11-10-17/h13-14H,5-12,16H2,1-4H3. The van der Waals surface area contributed by atoms with Crippen molar-refractivity contribution in [1.29, 1.82) is 0 Å². The molecule has 1 fully saturated rings. The molecule has 2 N–H and O–H groups in total. The van der Waals surface area contributed by atoms with Crippen LogP contribution in [0.5, 0.6) is 0 Å². The van der Waals surface area contributed by atoms with E-state index in [1.165, 1.54) is 51.1 Å². The molecule has 2 atom stereocenters. The number of nitrogens with zero attached hydrogens (tertiary/aromatic N) is 1. The van der Waals surface area contributed by atoms with Crippen molar-refractivity contribution in [3.8, 4) is 0 Å². The molecule has 1 aliphatic heterocycles. The number of hydrogen-bond donors (Lipinski definition) is 1. The maximum atomic E-state index is 5.80. The van der Waals surface area contributed by atoms with E-state index < -0.39 is 0 Å². The summed E-state index contributed by atoms with van der Waals surface area (Å²) in [6.07, 6.45) is 5.11. The summed E-state index contributed by atoms with van der Waals surface area (Å²) in [6, 6.07) is 0.368. The molecule has 2 nitrogen and oxygen atoms in total. The van der Waals surface area contributed by atoms with Gasteiger partial charge in [0.15, 0.2) is 0 Å². The second-order valence-electron chi connectivity index (χ2n) is 6.67. The van der Waals surface area contributed by atoms with Gasteiger partial charge < -0.3 is 10.6 Å². The van der Waals surface area contributed by atoms with Crippen LogP contribution in [0.4, 0.5) is 0 Å². The molecular weight excluding hydrogens is 240 g/mol. The van der Waals surface area contributed by atoms with Crippen molar-refractivity contribution in [2.45, 2.75) is 64.2 Å². The van der Waals surface area contributed by atoms with Crippen molar-refractivity contribution in [3.05, 3.63) is 0 Å². The van der Waals surface area contributed by atoms with Crippen LogP contribution in [0.15, 0.2) is 0 Å². The van der Waals surface area contributed by atoms with Crippen molar-refractivity contribution in [2.24, 2.45) is 11.7 Å². The fourth-order valence-corrected chi connectivity index (χ4v) is 3.70. The molecule has 0 aromatic carbocycles. The smallest absolute Gasteiger partial charge is 0.0116 e. The van der Waals surface area contributed by atoms with Gasteiger partial charge in [0.25, 0.3) is 0 Å². The van der Waals surface area contributed by atoms with Gasteiger partial charge in [-0.15, -0.1) is 0 Å². The summed E-state index contributed by atoms with van der Waals surface area (Å²) in [4.78, 5) is 2.66. The minimum atomic E-state index is 0.368. The minimum absolute atomic E-state index is 0.368. The van der Waals surface area contributed by atoms with Crippen LogP contribution >= 0.6 is 11.8 Å². The number of rotatable bonds is 6. The quantitative estimate of drug-likeness (QED) is 0.804. The molecule has 0 amide bonds. The predicted molar refractivity (Wildman–Crippen MR) is 84.3 cm³/mol. The Morgan fingerprint density at radius 2 is 1.94 bits per heavy atom. The highest BCUT2D eigenvalue weighted by atomic mass is 32.2. The maximum Gasteiger partial charge on any atom is 0.0116 e. The first kappa shape index (κ1) is 16.3. The monoisotopic (exact) mass is 272 g/mol. The van der Waals surface area contributed by atoms with Gasteiger partial charge in [-0.25, -0.2) is 0 Å². The van der Waals surface area contributed by atoms with Gasteiger partial charge in [-0.05, 0) is 38.6 Å². The summed E-state index contributed by atoms with van der Waals surface area (Å²) in [5, 5.41) is 0. The lowest BCUT2D eigenvalue weighted by molar-refractivity contribution is 0.238. The van der Waals surface area contributed by atoms with Crippen LogP contribution in [-0.2, 0) is 0 Å². The lowest BCUT2D eigenvalue weighted by Crippen LogP contribution is -2.31. The molecule has 1 saturated heterocycles. The summed E-state index contributed by atoms with van der Waals surface area (Å²) in [7, 11) is 0. The van der Waals surface area contributed by atoms with E-state index in [1.54, 1.807) is 0 Å². The van der Waals surface area contributed by atoms with Gasteiger partial charge in [-0.3, -0.25) is 0 Å². The average Bonchev–Trinajstić information content (AvgIpc) is 2.40. The lowest BCUT2D eigenvalue weighted by atomic mass is 10.0. The maximum absolute atomic E-state index is 5.80. The Labute approximate surface area is 118 Å². The molecule has 1 aliphatic rings. The molecule has 18 heavy (non-hydrogen) atoms. The molecule has 0 bridgehead atoms. The van der Waals surface area contributed by atoms with Crippen LogP contribution in [0.1, 0.15) is 53.4 Å². The first-order valence-electron chi connectivity index (χ1n) is 7.51. The van der Waals surface area contributed by atoms with Crippen LogP contribution in [0.3, 0.4) is 0 Å². The normalized spacial score (nSPS) is 24.5. The Balaban J connectivity index is 2.21. The van der Waals surface area contributed by atoms with E-state index in [0.717, 1.165) is 5.92 Å². The first-order chi connectivity index (χ1) is 8.39. The van der Waals surface area contributed by atoms with E-state index in [0.29, 0.717) is 10.8 Å². The Morgan fingerprint density at radius 1 is 1.22 bits per heavy atom. The van der Waals surface area contributed by atoms with Crippen molar-refractivity contribution in [1.82, 2.24) is 4.90 Å². The Morgan fingerprint density at radius 3 is 2.61 bits per heavy atom. The second kappa shape index (κ2) is 7.76. The highest BCUT2D eigenvalue weighted by molar-refractivity contribution is 8.00. The van der Waals surface area contributed by atoms with Crippen LogP contribution in [0.25, 0.3) is 0 Å². The van der Waals surface area contributed by atoms with Gasteiger partial charge in [-0.2, -0.15) is 11.8 Å². The van der Waals surface area contributed by atoms with Crippen LogP contribution < -0.4 is 5.73 Å². The van der Waals surface area contributed by atoms with Crippen molar-refractivity contribution < 1.29 is 0 Å². The molecule has 0 aromatic heterocycles. The summed E-state index contributed by atoms with van der Waals surface area (Å²) < 4.78 is 0.479. The number of thioether (sulfide) groups is 1. The Bertz CT molecular complexity index is 229. The average molecular weight is 273 g/mol. The third kappa shape index (κ3) is 7.01. The molecule has 0 aliphatic carbocycles. The highest BCUT2D eigenvalue weighted by Gasteiger charge is 2.24. The van der Waals surface area contributed by atoms with Gasteiger partial charge in [0, 0.05) is 29.6 Å². The van der Waals surface area contributed by atoms with Gasteiger partial charge in [0.1, 0.15) is 0 Å². The molecule has 2 unspecified atom stereocenters. The molecule has 0 radical (unpaired) electrons. The zero-order chi connectivity index (χ0) is 13.6. The molecular formula is C15H32N2S. The minimum Gasteiger partial charge on any atom is -0.328 e. The molecule has 1 rings (SSSR count). The van der Waals surface area contributed by atoms with Crippen molar-refractivity contribution >= 4 is 11.8 Å². The van der Waals surface area contributed by atoms with E-state index in [2.05, 4.69) is 44.4 Å². The third-order valence-electron chi connectivity index (χ3n) is 3.86. The molecule has 0 spiro atoms. The topological polar surface area (TPSA) is 29.3 Å². The zero-order valence-electron chi connectivity index (χ0n) is 12.7. The van der Waals surface area contributed by atoms with E-state index >= 15 is 0 Å². The van der Waals surface area contributed by atoms with E-state index in [1.807, 2.05) is 0 Å². The van der Waals surface area contributed by atoms with E-state index in [4.69, 9.17) is 5.73 Å². The van der Waals surface area contributed by atoms with E-state index in [9.17, 15) is 0 Å². The fourth-order valence-electron chi connectivity index (χ4n) is 2.57. The van der Waals surface area contributed by atoms with Crippen LogP contribution in [0.2, 0.25) is 0 Å². The van der Waals surface area contributed by atoms with Gasteiger partial charge >= 0.3 is 0 Å². The first-order valence-corrected chi connectivity index (χ1v) is 8.49. The van der Waals surface area contributed by atoms with Crippen molar-refractivity contribution in [3.63, 3.8) is 0 Å². The number of nitrogens with two attached hydrogens (primary N) is 1. The molecule has 0 aromatic rings. The lowest BCUT2D eigenvalue weighted by Gasteiger charge is -2.25. The highest BCUT2D eigenvalue weighted by Crippen LogP contribution is 2.30. The summed E-state index contributed by atoms with van der Waals surface area (Å²) in [6.45, 7) is 13.1. The van der Waals surface area contributed by atoms with Crippen LogP contribution in [0, 0.1) is 5.92 Å². The largest absolute Gasteiger partial charge is 0.328 e. The molecule has 3 heteroatoms. The summed E-state index contributed by atoms with van der Waals surface area (Å²) >= 11 is 2.14. The second-order valence-corrected chi connectivity index (χ2v) is 8.47. The number of hydrogen-bond acceptors (Lipinski definition) is 3. The van der Waals surface area contributed by atoms with Gasteiger partial charge in [0.05, 0.1) is 0 Å². The van der Waals surface area contributed by atoms with E-state index in [-0.39, 0.29) is 0 Å². The van der Waals surface area contributed by atoms with Crippen molar-refractivity contribution in [2.75, 3.05) is 25.4 Å². The van der Waals surface area contributed by atoms with Gasteiger partial charge in [0.2, 0.25) is 0 Å². The summed E-state index contributed by atoms with van der Waals surface area (Å²) in [5.41, 5.74) is 5.80. The van der Waals surface area contributed by atoms with Crippen LogP contribution in [-0.4, -0.2) is 41.1 Å². The predicted octanol–water partition coefficient (Wildman–Crippen LogP) is 3.36. The SMILES string of the molecule is CC(N)CCCC(C)CN1CCSC(C)(C)CC1. The fraction of sp³-hybridized carbons (Fsp3) is 1.00. The Kier molecular flexibility index (Phi) is 7.04.